The van der Waals surface area contributed by atoms with Gasteiger partial charge in [-0.1, -0.05) is 18.2 Å². The zero-order valence-electron chi connectivity index (χ0n) is 14.4. The van der Waals surface area contributed by atoms with Crippen molar-refractivity contribution in [1.82, 2.24) is 4.90 Å². The van der Waals surface area contributed by atoms with Crippen molar-refractivity contribution in [3.05, 3.63) is 60.2 Å². The van der Waals surface area contributed by atoms with Crippen LogP contribution < -0.4 is 4.74 Å². The van der Waals surface area contributed by atoms with Crippen molar-refractivity contribution >= 4 is 17.7 Å². The molecule has 2 aliphatic heterocycles. The Bertz CT molecular complexity index is 717. The minimum atomic E-state index is 0.179. The fraction of sp³-hybridized carbons (Fsp3) is 0.381. The van der Waals surface area contributed by atoms with Crippen LogP contribution in [0.1, 0.15) is 36.0 Å². The van der Waals surface area contributed by atoms with Crippen molar-refractivity contribution in [2.75, 3.05) is 6.26 Å². The molecule has 2 aliphatic rings. The highest BCUT2D eigenvalue weighted by Gasteiger charge is 2.43. The van der Waals surface area contributed by atoms with Gasteiger partial charge in [-0.15, -0.1) is 0 Å². The van der Waals surface area contributed by atoms with Gasteiger partial charge >= 0.3 is 0 Å². The lowest BCUT2D eigenvalue weighted by Crippen LogP contribution is -2.47. The molecule has 0 aliphatic carbocycles. The summed E-state index contributed by atoms with van der Waals surface area (Å²) >= 11 is 1.95. The standard InChI is InChI=1S/C21H23NO2S/c1-25-20-13-16-9-10-17(14-20)22(16)21(23)15-7-11-19(12-8-15)24-18-5-3-2-4-6-18/h2-8,11-12,16-17,20H,9-10,13-14H2,1H3. The minimum Gasteiger partial charge on any atom is -0.457 e. The molecule has 0 saturated carbocycles. The largest absolute Gasteiger partial charge is 0.457 e. The number of rotatable bonds is 4. The lowest BCUT2D eigenvalue weighted by Gasteiger charge is -2.38. The summed E-state index contributed by atoms with van der Waals surface area (Å²) in [7, 11) is 0. The molecule has 0 aromatic heterocycles. The third-order valence-electron chi connectivity index (χ3n) is 5.34. The molecule has 2 fully saturated rings. The van der Waals surface area contributed by atoms with Crippen LogP contribution in [0.4, 0.5) is 0 Å². The third kappa shape index (κ3) is 3.40. The zero-order valence-corrected chi connectivity index (χ0v) is 15.2. The first kappa shape index (κ1) is 16.5. The van der Waals surface area contributed by atoms with Crippen molar-refractivity contribution in [3.63, 3.8) is 0 Å². The molecule has 25 heavy (non-hydrogen) atoms. The summed E-state index contributed by atoms with van der Waals surface area (Å²) < 4.78 is 5.81. The molecular weight excluding hydrogens is 330 g/mol. The summed E-state index contributed by atoms with van der Waals surface area (Å²) in [5.74, 6) is 1.74. The number of carbonyl (C=O) groups excluding carboxylic acids is 1. The number of piperidine rings is 1. The summed E-state index contributed by atoms with van der Waals surface area (Å²) in [6.45, 7) is 0. The number of thioether (sulfide) groups is 1. The van der Waals surface area contributed by atoms with Gasteiger partial charge in [0.15, 0.2) is 0 Å². The first-order chi connectivity index (χ1) is 12.2. The van der Waals surface area contributed by atoms with E-state index in [2.05, 4.69) is 11.2 Å². The Morgan fingerprint density at radius 1 is 0.960 bits per heavy atom. The van der Waals surface area contributed by atoms with Crippen LogP contribution in [0.3, 0.4) is 0 Å². The van der Waals surface area contributed by atoms with E-state index in [1.54, 1.807) is 0 Å². The molecule has 0 spiro atoms. The number of ether oxygens (including phenoxy) is 1. The van der Waals surface area contributed by atoms with Crippen LogP contribution in [0.15, 0.2) is 54.6 Å². The summed E-state index contributed by atoms with van der Waals surface area (Å²) in [5.41, 5.74) is 0.764. The van der Waals surface area contributed by atoms with Crippen molar-refractivity contribution in [3.8, 4) is 11.5 Å². The predicted octanol–water partition coefficient (Wildman–Crippen LogP) is 4.98. The van der Waals surface area contributed by atoms with Crippen molar-refractivity contribution in [2.45, 2.75) is 43.0 Å². The Labute approximate surface area is 153 Å². The number of amides is 1. The maximum atomic E-state index is 13.0. The minimum absolute atomic E-state index is 0.179. The molecule has 2 saturated heterocycles. The lowest BCUT2D eigenvalue weighted by molar-refractivity contribution is 0.0601. The normalized spacial score (nSPS) is 25.0. The highest BCUT2D eigenvalue weighted by Crippen LogP contribution is 2.40. The van der Waals surface area contributed by atoms with Crippen molar-refractivity contribution in [1.29, 1.82) is 0 Å². The number of fused-ring (bicyclic) bond motifs is 2. The Morgan fingerprint density at radius 2 is 1.56 bits per heavy atom. The highest BCUT2D eigenvalue weighted by molar-refractivity contribution is 7.99. The van der Waals surface area contributed by atoms with Crippen LogP contribution in [-0.2, 0) is 0 Å². The van der Waals surface area contributed by atoms with Crippen molar-refractivity contribution < 1.29 is 9.53 Å². The van der Waals surface area contributed by atoms with E-state index in [-0.39, 0.29) is 5.91 Å². The second kappa shape index (κ2) is 7.12. The molecule has 2 aromatic rings. The van der Waals surface area contributed by atoms with Gasteiger partial charge in [0, 0.05) is 22.9 Å². The molecule has 2 heterocycles. The number of nitrogens with zero attached hydrogens (tertiary/aromatic N) is 1. The number of hydrogen-bond acceptors (Lipinski definition) is 3. The third-order valence-corrected chi connectivity index (χ3v) is 6.39. The van der Waals surface area contributed by atoms with Crippen LogP contribution in [0.25, 0.3) is 0 Å². The van der Waals surface area contributed by atoms with E-state index >= 15 is 0 Å². The number of benzene rings is 2. The molecule has 2 unspecified atom stereocenters. The molecule has 3 nitrogen and oxygen atoms in total. The van der Waals surface area contributed by atoms with Gasteiger partial charge in [-0.2, -0.15) is 11.8 Å². The van der Waals surface area contributed by atoms with Crippen LogP contribution in [0.2, 0.25) is 0 Å². The number of para-hydroxylation sites is 1. The maximum Gasteiger partial charge on any atom is 0.254 e. The highest BCUT2D eigenvalue weighted by atomic mass is 32.2. The SMILES string of the molecule is CSC1CC2CCC(C1)N2C(=O)c1ccc(Oc2ccccc2)cc1. The predicted molar refractivity (Wildman–Crippen MR) is 102 cm³/mol. The van der Waals surface area contributed by atoms with Gasteiger partial charge in [0.1, 0.15) is 11.5 Å². The van der Waals surface area contributed by atoms with E-state index in [1.807, 2.05) is 66.4 Å². The first-order valence-electron chi connectivity index (χ1n) is 8.93. The molecule has 2 atom stereocenters. The van der Waals surface area contributed by atoms with E-state index in [0.717, 1.165) is 42.7 Å². The van der Waals surface area contributed by atoms with Gasteiger partial charge in [-0.05, 0) is 68.3 Å². The van der Waals surface area contributed by atoms with Crippen molar-refractivity contribution in [2.24, 2.45) is 0 Å². The molecular formula is C21H23NO2S. The monoisotopic (exact) mass is 353 g/mol. The smallest absolute Gasteiger partial charge is 0.254 e. The maximum absolute atomic E-state index is 13.0. The molecule has 2 bridgehead atoms. The Kier molecular flexibility index (Phi) is 4.71. The molecule has 0 radical (unpaired) electrons. The summed E-state index contributed by atoms with van der Waals surface area (Å²) in [6.07, 6.45) is 6.77. The van der Waals surface area contributed by atoms with Crippen LogP contribution in [-0.4, -0.2) is 34.4 Å². The lowest BCUT2D eigenvalue weighted by atomic mass is 10.0. The second-order valence-electron chi connectivity index (χ2n) is 6.87. The Morgan fingerprint density at radius 3 is 2.16 bits per heavy atom. The Balaban J connectivity index is 1.46. The zero-order chi connectivity index (χ0) is 17.2. The average molecular weight is 353 g/mol. The summed E-state index contributed by atoms with van der Waals surface area (Å²) in [4.78, 5) is 15.2. The molecule has 2 aromatic carbocycles. The molecule has 130 valence electrons. The van der Waals surface area contributed by atoms with Gasteiger partial charge in [0.2, 0.25) is 0 Å². The number of hydrogen-bond donors (Lipinski definition) is 0. The van der Waals surface area contributed by atoms with Gasteiger partial charge < -0.3 is 9.64 Å². The van der Waals surface area contributed by atoms with E-state index in [0.29, 0.717) is 17.3 Å². The van der Waals surface area contributed by atoms with E-state index in [1.165, 1.54) is 0 Å². The van der Waals surface area contributed by atoms with Gasteiger partial charge in [-0.25, -0.2) is 0 Å². The van der Waals surface area contributed by atoms with Gasteiger partial charge in [0.25, 0.3) is 5.91 Å². The first-order valence-corrected chi connectivity index (χ1v) is 10.2. The topological polar surface area (TPSA) is 29.5 Å². The fourth-order valence-corrected chi connectivity index (χ4v) is 4.92. The fourth-order valence-electron chi connectivity index (χ4n) is 4.09. The van der Waals surface area contributed by atoms with Gasteiger partial charge in [-0.3, -0.25) is 4.79 Å². The summed E-state index contributed by atoms with van der Waals surface area (Å²) in [6, 6.07) is 18.1. The molecule has 4 heteroatoms. The van der Waals surface area contributed by atoms with Crippen LogP contribution in [0, 0.1) is 0 Å². The van der Waals surface area contributed by atoms with Crippen LogP contribution >= 0.6 is 11.8 Å². The quantitative estimate of drug-likeness (QED) is 0.776. The average Bonchev–Trinajstić information content (AvgIpc) is 2.92. The van der Waals surface area contributed by atoms with Crippen LogP contribution in [0.5, 0.6) is 11.5 Å². The van der Waals surface area contributed by atoms with E-state index in [9.17, 15) is 4.79 Å². The number of carbonyl (C=O) groups is 1. The van der Waals surface area contributed by atoms with E-state index in [4.69, 9.17) is 4.74 Å². The van der Waals surface area contributed by atoms with Gasteiger partial charge in [0.05, 0.1) is 0 Å². The molecule has 1 amide bonds. The molecule has 0 N–H and O–H groups in total. The molecule has 4 rings (SSSR count). The summed E-state index contributed by atoms with van der Waals surface area (Å²) in [5, 5.41) is 0.711. The van der Waals surface area contributed by atoms with E-state index < -0.39 is 0 Å². The second-order valence-corrected chi connectivity index (χ2v) is 8.00. The Hall–Kier alpha value is -1.94.